The highest BCUT2D eigenvalue weighted by Gasteiger charge is 2.56. The summed E-state index contributed by atoms with van der Waals surface area (Å²) in [4.78, 5) is 13.4. The highest BCUT2D eigenvalue weighted by Crippen LogP contribution is 2.37. The van der Waals surface area contributed by atoms with Crippen molar-refractivity contribution in [3.05, 3.63) is 29.8 Å². The van der Waals surface area contributed by atoms with E-state index >= 15 is 0 Å². The van der Waals surface area contributed by atoms with Crippen molar-refractivity contribution in [1.82, 2.24) is 0 Å². The Morgan fingerprint density at radius 1 is 1.21 bits per heavy atom. The highest BCUT2D eigenvalue weighted by molar-refractivity contribution is 5.70. The van der Waals surface area contributed by atoms with Crippen LogP contribution in [0.2, 0.25) is 0 Å². The van der Waals surface area contributed by atoms with Gasteiger partial charge in [-0.1, -0.05) is 12.1 Å². The van der Waals surface area contributed by atoms with Crippen LogP contribution in [0.3, 0.4) is 0 Å². The van der Waals surface area contributed by atoms with Crippen LogP contribution < -0.4 is 4.90 Å². The molecular formula is C16H20F5NO2. The summed E-state index contributed by atoms with van der Waals surface area (Å²) in [5, 5.41) is 0. The number of nitrogens with zero attached hydrogens (tertiary/aromatic N) is 1. The van der Waals surface area contributed by atoms with Crippen molar-refractivity contribution in [3.8, 4) is 0 Å². The van der Waals surface area contributed by atoms with Gasteiger partial charge in [0.25, 0.3) is 0 Å². The summed E-state index contributed by atoms with van der Waals surface area (Å²) in [5.74, 6) is -5.66. The largest absolute Gasteiger partial charge is 0.465 e. The average Bonchev–Trinajstić information content (AvgIpc) is 2.46. The van der Waals surface area contributed by atoms with Crippen molar-refractivity contribution >= 4 is 11.7 Å². The number of benzene rings is 1. The standard InChI is InChI=1S/C16H20F5NO2/c1-3-22(13-6-4-5-12(2)11-13)9-7-14(23)24-10-8-15(17,18)16(19,20)21/h4-6,11H,3,7-10H2,1-2H3. The van der Waals surface area contributed by atoms with Crippen LogP contribution >= 0.6 is 0 Å². The topological polar surface area (TPSA) is 29.5 Å². The van der Waals surface area contributed by atoms with E-state index in [9.17, 15) is 26.7 Å². The number of anilines is 1. The third kappa shape index (κ3) is 5.98. The lowest BCUT2D eigenvalue weighted by Gasteiger charge is -2.23. The molecule has 8 heteroatoms. The summed E-state index contributed by atoms with van der Waals surface area (Å²) < 4.78 is 65.8. The highest BCUT2D eigenvalue weighted by atomic mass is 19.4. The van der Waals surface area contributed by atoms with Gasteiger partial charge in [0.15, 0.2) is 0 Å². The molecule has 0 unspecified atom stereocenters. The monoisotopic (exact) mass is 353 g/mol. The first-order chi connectivity index (χ1) is 11.1. The van der Waals surface area contributed by atoms with Gasteiger partial charge in [0.1, 0.15) is 0 Å². The number of halogens is 5. The molecule has 3 nitrogen and oxygen atoms in total. The van der Waals surface area contributed by atoms with E-state index in [1.807, 2.05) is 43.0 Å². The van der Waals surface area contributed by atoms with Crippen LogP contribution in [0.25, 0.3) is 0 Å². The van der Waals surface area contributed by atoms with Gasteiger partial charge in [-0.2, -0.15) is 22.0 Å². The van der Waals surface area contributed by atoms with Crippen molar-refractivity contribution in [3.63, 3.8) is 0 Å². The zero-order chi connectivity index (χ0) is 18.4. The van der Waals surface area contributed by atoms with Crippen LogP contribution in [0.1, 0.15) is 25.3 Å². The van der Waals surface area contributed by atoms with Gasteiger partial charge in [-0.05, 0) is 31.5 Å². The molecular weight excluding hydrogens is 333 g/mol. The average molecular weight is 353 g/mol. The van der Waals surface area contributed by atoms with Crippen LogP contribution in [0.15, 0.2) is 24.3 Å². The lowest BCUT2D eigenvalue weighted by molar-refractivity contribution is -0.286. The lowest BCUT2D eigenvalue weighted by Crippen LogP contribution is -2.37. The SMILES string of the molecule is CCN(CCC(=O)OCCC(F)(F)C(F)(F)F)c1cccc(C)c1. The maximum atomic E-state index is 12.7. The predicted molar refractivity (Wildman–Crippen MR) is 80.3 cm³/mol. The Bertz CT molecular complexity index is 546. The molecule has 0 fully saturated rings. The van der Waals surface area contributed by atoms with Gasteiger partial charge < -0.3 is 9.64 Å². The van der Waals surface area contributed by atoms with Gasteiger partial charge in [0.05, 0.1) is 19.4 Å². The number of hydrogen-bond acceptors (Lipinski definition) is 3. The molecule has 0 atom stereocenters. The van der Waals surface area contributed by atoms with Crippen LogP contribution in [-0.4, -0.2) is 37.8 Å². The van der Waals surface area contributed by atoms with Crippen molar-refractivity contribution in [2.45, 2.75) is 38.8 Å². The minimum atomic E-state index is -5.64. The van der Waals surface area contributed by atoms with E-state index in [1.165, 1.54) is 0 Å². The third-order valence-corrected chi connectivity index (χ3v) is 3.43. The minimum absolute atomic E-state index is 0.0978. The van der Waals surface area contributed by atoms with Gasteiger partial charge in [-0.15, -0.1) is 0 Å². The first-order valence-corrected chi connectivity index (χ1v) is 7.48. The Kier molecular flexibility index (Phi) is 6.98. The molecule has 0 bridgehead atoms. The summed E-state index contributed by atoms with van der Waals surface area (Å²) in [5.41, 5.74) is 1.94. The first-order valence-electron chi connectivity index (χ1n) is 7.48. The molecule has 0 N–H and O–H groups in total. The van der Waals surface area contributed by atoms with Gasteiger partial charge >= 0.3 is 18.1 Å². The molecule has 0 aliphatic rings. The van der Waals surface area contributed by atoms with E-state index in [0.717, 1.165) is 11.3 Å². The van der Waals surface area contributed by atoms with Crippen molar-refractivity contribution in [2.24, 2.45) is 0 Å². The molecule has 0 amide bonds. The summed E-state index contributed by atoms with van der Waals surface area (Å²) in [6, 6.07) is 7.59. The maximum Gasteiger partial charge on any atom is 0.453 e. The van der Waals surface area contributed by atoms with Crippen LogP contribution in [-0.2, 0) is 9.53 Å². The second kappa shape index (κ2) is 8.30. The zero-order valence-electron chi connectivity index (χ0n) is 13.5. The number of rotatable bonds is 8. The van der Waals surface area contributed by atoms with Gasteiger partial charge in [-0.3, -0.25) is 4.79 Å². The fourth-order valence-electron chi connectivity index (χ4n) is 2.03. The zero-order valence-corrected chi connectivity index (χ0v) is 13.5. The number of esters is 1. The minimum Gasteiger partial charge on any atom is -0.465 e. The Hall–Kier alpha value is -1.86. The van der Waals surface area contributed by atoms with E-state index in [2.05, 4.69) is 4.74 Å². The van der Waals surface area contributed by atoms with Crippen LogP contribution in [0.4, 0.5) is 27.6 Å². The fraction of sp³-hybridized carbons (Fsp3) is 0.562. The Balaban J connectivity index is 2.43. The van der Waals surface area contributed by atoms with E-state index in [1.54, 1.807) is 0 Å². The fourth-order valence-corrected chi connectivity index (χ4v) is 2.03. The lowest BCUT2D eigenvalue weighted by atomic mass is 10.2. The van der Waals surface area contributed by atoms with Crippen LogP contribution in [0.5, 0.6) is 0 Å². The molecule has 1 rings (SSSR count). The van der Waals surface area contributed by atoms with E-state index in [4.69, 9.17) is 0 Å². The van der Waals surface area contributed by atoms with Gasteiger partial charge in [-0.25, -0.2) is 0 Å². The molecule has 136 valence electrons. The molecule has 0 aromatic heterocycles. The molecule has 0 aliphatic carbocycles. The molecule has 24 heavy (non-hydrogen) atoms. The summed E-state index contributed by atoms with van der Waals surface area (Å²) in [7, 11) is 0. The van der Waals surface area contributed by atoms with Crippen molar-refractivity contribution in [2.75, 3.05) is 24.6 Å². The van der Waals surface area contributed by atoms with E-state index in [-0.39, 0.29) is 13.0 Å². The number of hydrogen-bond donors (Lipinski definition) is 0. The molecule has 0 radical (unpaired) electrons. The Labute approximate surface area is 137 Å². The molecule has 0 saturated carbocycles. The Morgan fingerprint density at radius 3 is 2.42 bits per heavy atom. The molecule has 0 aliphatic heterocycles. The number of alkyl halides is 5. The third-order valence-electron chi connectivity index (χ3n) is 3.43. The first kappa shape index (κ1) is 20.2. The summed E-state index contributed by atoms with van der Waals surface area (Å²) >= 11 is 0. The van der Waals surface area contributed by atoms with Crippen LogP contribution in [0, 0.1) is 6.92 Å². The molecule has 1 aromatic carbocycles. The molecule has 0 heterocycles. The number of carbonyl (C=O) groups excluding carboxylic acids is 1. The molecule has 1 aromatic rings. The summed E-state index contributed by atoms with van der Waals surface area (Å²) in [6.07, 6.45) is -7.30. The van der Waals surface area contributed by atoms with Crippen molar-refractivity contribution in [1.29, 1.82) is 0 Å². The normalized spacial score (nSPS) is 12.1. The second-order valence-electron chi connectivity index (χ2n) is 5.34. The number of ether oxygens (including phenoxy) is 1. The van der Waals surface area contributed by atoms with E-state index < -0.39 is 31.1 Å². The van der Waals surface area contributed by atoms with Gasteiger partial charge in [0.2, 0.25) is 0 Å². The summed E-state index contributed by atoms with van der Waals surface area (Å²) in [6.45, 7) is 3.74. The quantitative estimate of drug-likeness (QED) is 0.514. The van der Waals surface area contributed by atoms with Crippen molar-refractivity contribution < 1.29 is 31.5 Å². The number of carbonyl (C=O) groups is 1. The number of aryl methyl sites for hydroxylation is 1. The predicted octanol–water partition coefficient (Wildman–Crippen LogP) is 4.34. The molecule has 0 spiro atoms. The maximum absolute atomic E-state index is 12.7. The Morgan fingerprint density at radius 2 is 1.88 bits per heavy atom. The van der Waals surface area contributed by atoms with Gasteiger partial charge in [0, 0.05) is 18.8 Å². The smallest absolute Gasteiger partial charge is 0.453 e. The molecule has 0 saturated heterocycles. The second-order valence-corrected chi connectivity index (χ2v) is 5.34. The van der Waals surface area contributed by atoms with E-state index in [0.29, 0.717) is 6.54 Å².